The highest BCUT2D eigenvalue weighted by Gasteiger charge is 2.16. The second-order valence-electron chi connectivity index (χ2n) is 6.35. The zero-order chi connectivity index (χ0) is 15.9. The van der Waals surface area contributed by atoms with Gasteiger partial charge in [0.2, 0.25) is 0 Å². The minimum absolute atomic E-state index is 0.219. The second kappa shape index (κ2) is 8.63. The van der Waals surface area contributed by atoms with Crippen molar-refractivity contribution in [1.29, 1.82) is 0 Å². The van der Waals surface area contributed by atoms with Gasteiger partial charge in [0.25, 0.3) is 0 Å². The number of benzene rings is 1. The molecule has 0 saturated carbocycles. The molecule has 1 aliphatic rings. The molecule has 1 aliphatic heterocycles. The van der Waals surface area contributed by atoms with Crippen LogP contribution in [0.3, 0.4) is 0 Å². The van der Waals surface area contributed by atoms with Gasteiger partial charge in [0.05, 0.1) is 18.8 Å². The lowest BCUT2D eigenvalue weighted by atomic mass is 10.0. The molecule has 4 heteroatoms. The first-order chi connectivity index (χ1) is 10.5. The SMILES string of the molecule is Cc1cc(C)cc(C(C)NCC(O)COC2CCOCC2)c1. The third-order valence-corrected chi connectivity index (χ3v) is 4.10. The van der Waals surface area contributed by atoms with E-state index in [-0.39, 0.29) is 12.1 Å². The molecule has 2 atom stereocenters. The summed E-state index contributed by atoms with van der Waals surface area (Å²) in [6.45, 7) is 8.81. The third kappa shape index (κ3) is 5.69. The van der Waals surface area contributed by atoms with Crippen molar-refractivity contribution in [3.8, 4) is 0 Å². The van der Waals surface area contributed by atoms with E-state index >= 15 is 0 Å². The highest BCUT2D eigenvalue weighted by molar-refractivity contribution is 5.30. The van der Waals surface area contributed by atoms with E-state index in [1.807, 2.05) is 0 Å². The molecule has 0 aromatic heterocycles. The third-order valence-electron chi connectivity index (χ3n) is 4.10. The van der Waals surface area contributed by atoms with Gasteiger partial charge < -0.3 is 19.9 Å². The Morgan fingerprint density at radius 2 is 1.86 bits per heavy atom. The fourth-order valence-electron chi connectivity index (χ4n) is 2.84. The minimum Gasteiger partial charge on any atom is -0.389 e. The molecule has 22 heavy (non-hydrogen) atoms. The first kappa shape index (κ1) is 17.4. The van der Waals surface area contributed by atoms with Gasteiger partial charge in [-0.3, -0.25) is 0 Å². The first-order valence-electron chi connectivity index (χ1n) is 8.23. The van der Waals surface area contributed by atoms with Crippen LogP contribution >= 0.6 is 0 Å². The predicted octanol–water partition coefficient (Wildman–Crippen LogP) is 2.51. The first-order valence-corrected chi connectivity index (χ1v) is 8.23. The van der Waals surface area contributed by atoms with Gasteiger partial charge >= 0.3 is 0 Å². The highest BCUT2D eigenvalue weighted by Crippen LogP contribution is 2.16. The molecule has 1 heterocycles. The summed E-state index contributed by atoms with van der Waals surface area (Å²) in [6.07, 6.45) is 1.62. The Kier molecular flexibility index (Phi) is 6.83. The summed E-state index contributed by atoms with van der Waals surface area (Å²) in [6, 6.07) is 6.77. The van der Waals surface area contributed by atoms with Crippen LogP contribution in [0.15, 0.2) is 18.2 Å². The van der Waals surface area contributed by atoms with Gasteiger partial charge in [0.1, 0.15) is 0 Å². The normalized spacial score (nSPS) is 19.1. The van der Waals surface area contributed by atoms with Gasteiger partial charge in [-0.1, -0.05) is 29.3 Å². The van der Waals surface area contributed by atoms with Crippen LogP contribution in [0.5, 0.6) is 0 Å². The second-order valence-corrected chi connectivity index (χ2v) is 6.35. The van der Waals surface area contributed by atoms with Crippen molar-refractivity contribution in [1.82, 2.24) is 5.32 Å². The predicted molar refractivity (Wildman–Crippen MR) is 88.1 cm³/mol. The minimum atomic E-state index is -0.476. The zero-order valence-electron chi connectivity index (χ0n) is 14.0. The van der Waals surface area contributed by atoms with Crippen LogP contribution in [0.1, 0.15) is 42.5 Å². The number of rotatable bonds is 7. The van der Waals surface area contributed by atoms with E-state index in [1.54, 1.807) is 0 Å². The number of aliphatic hydroxyl groups excluding tert-OH is 1. The smallest absolute Gasteiger partial charge is 0.0898 e. The summed E-state index contributed by atoms with van der Waals surface area (Å²) in [5, 5.41) is 13.5. The number of ether oxygens (including phenoxy) is 2. The molecule has 1 aromatic carbocycles. The maximum Gasteiger partial charge on any atom is 0.0898 e. The van der Waals surface area contributed by atoms with E-state index in [9.17, 15) is 5.11 Å². The Hall–Kier alpha value is -0.940. The highest BCUT2D eigenvalue weighted by atomic mass is 16.5. The van der Waals surface area contributed by atoms with E-state index in [1.165, 1.54) is 16.7 Å². The number of hydrogen-bond acceptors (Lipinski definition) is 4. The summed E-state index contributed by atoms with van der Waals surface area (Å²) >= 11 is 0. The van der Waals surface area contributed by atoms with Crippen molar-refractivity contribution < 1.29 is 14.6 Å². The van der Waals surface area contributed by atoms with Gasteiger partial charge in [-0.15, -0.1) is 0 Å². The Morgan fingerprint density at radius 1 is 1.23 bits per heavy atom. The number of hydrogen-bond donors (Lipinski definition) is 2. The Balaban J connectivity index is 1.71. The molecule has 4 nitrogen and oxygen atoms in total. The monoisotopic (exact) mass is 307 g/mol. The number of nitrogens with one attached hydrogen (secondary N) is 1. The van der Waals surface area contributed by atoms with E-state index < -0.39 is 6.10 Å². The maximum absolute atomic E-state index is 10.1. The molecule has 0 bridgehead atoms. The summed E-state index contributed by atoms with van der Waals surface area (Å²) in [5.41, 5.74) is 3.80. The Morgan fingerprint density at radius 3 is 2.50 bits per heavy atom. The average Bonchev–Trinajstić information content (AvgIpc) is 2.50. The Labute approximate surface area is 133 Å². The molecule has 0 radical (unpaired) electrons. The van der Waals surface area contributed by atoms with Crippen LogP contribution in [0.2, 0.25) is 0 Å². The molecule has 2 N–H and O–H groups in total. The van der Waals surface area contributed by atoms with Crippen molar-refractivity contribution in [3.05, 3.63) is 34.9 Å². The molecule has 0 aliphatic carbocycles. The van der Waals surface area contributed by atoms with Crippen molar-refractivity contribution in [2.75, 3.05) is 26.4 Å². The summed E-state index contributed by atoms with van der Waals surface area (Å²) in [7, 11) is 0. The summed E-state index contributed by atoms with van der Waals surface area (Å²) < 4.78 is 11.0. The van der Waals surface area contributed by atoms with E-state index in [0.717, 1.165) is 26.1 Å². The fourth-order valence-corrected chi connectivity index (χ4v) is 2.84. The topological polar surface area (TPSA) is 50.7 Å². The lowest BCUT2D eigenvalue weighted by molar-refractivity contribution is -0.0588. The van der Waals surface area contributed by atoms with Gasteiger partial charge in [0.15, 0.2) is 0 Å². The molecule has 0 amide bonds. The number of aliphatic hydroxyl groups is 1. The zero-order valence-corrected chi connectivity index (χ0v) is 14.0. The van der Waals surface area contributed by atoms with Gasteiger partial charge in [-0.2, -0.15) is 0 Å². The average molecular weight is 307 g/mol. The molecular weight excluding hydrogens is 278 g/mol. The van der Waals surface area contributed by atoms with Crippen LogP contribution in [0.25, 0.3) is 0 Å². The van der Waals surface area contributed by atoms with Gasteiger partial charge in [0, 0.05) is 25.8 Å². The summed E-state index contributed by atoms with van der Waals surface area (Å²) in [5.74, 6) is 0. The maximum atomic E-state index is 10.1. The quantitative estimate of drug-likeness (QED) is 0.813. The van der Waals surface area contributed by atoms with Gasteiger partial charge in [-0.25, -0.2) is 0 Å². The van der Waals surface area contributed by atoms with Gasteiger partial charge in [-0.05, 0) is 39.2 Å². The van der Waals surface area contributed by atoms with Crippen molar-refractivity contribution in [2.24, 2.45) is 0 Å². The molecular formula is C18H29NO3. The molecule has 2 rings (SSSR count). The molecule has 124 valence electrons. The van der Waals surface area contributed by atoms with E-state index in [4.69, 9.17) is 9.47 Å². The fraction of sp³-hybridized carbons (Fsp3) is 0.667. The van der Waals surface area contributed by atoms with E-state index in [0.29, 0.717) is 13.2 Å². The van der Waals surface area contributed by atoms with E-state index in [2.05, 4.69) is 44.3 Å². The van der Waals surface area contributed by atoms with Crippen LogP contribution in [0.4, 0.5) is 0 Å². The van der Waals surface area contributed by atoms with Crippen LogP contribution in [0, 0.1) is 13.8 Å². The molecule has 1 fully saturated rings. The van der Waals surface area contributed by atoms with Crippen molar-refractivity contribution >= 4 is 0 Å². The van der Waals surface area contributed by atoms with Crippen molar-refractivity contribution in [3.63, 3.8) is 0 Å². The number of aryl methyl sites for hydroxylation is 2. The molecule has 1 aromatic rings. The van der Waals surface area contributed by atoms with Crippen LogP contribution in [-0.4, -0.2) is 43.7 Å². The molecule has 1 saturated heterocycles. The lowest BCUT2D eigenvalue weighted by Crippen LogP contribution is -2.34. The van der Waals surface area contributed by atoms with Crippen molar-refractivity contribution in [2.45, 2.75) is 51.9 Å². The standard InChI is InChI=1S/C18H29NO3/c1-13-8-14(2)10-16(9-13)15(3)19-11-17(20)12-22-18-4-6-21-7-5-18/h8-10,15,17-20H,4-7,11-12H2,1-3H3. The molecule has 0 spiro atoms. The Bertz CT molecular complexity index is 437. The van der Waals surface area contributed by atoms with Crippen LogP contribution < -0.4 is 5.32 Å². The molecule has 2 unspecified atom stereocenters. The largest absolute Gasteiger partial charge is 0.389 e. The lowest BCUT2D eigenvalue weighted by Gasteiger charge is -2.24. The van der Waals surface area contributed by atoms with Crippen LogP contribution in [-0.2, 0) is 9.47 Å². The summed E-state index contributed by atoms with van der Waals surface area (Å²) in [4.78, 5) is 0.